The van der Waals surface area contributed by atoms with Gasteiger partial charge in [-0.1, -0.05) is 12.1 Å². The fourth-order valence-electron chi connectivity index (χ4n) is 1.61. The molecule has 0 radical (unpaired) electrons. The van der Waals surface area contributed by atoms with Crippen LogP contribution in [0.2, 0.25) is 0 Å². The second-order valence-corrected chi connectivity index (χ2v) is 4.05. The fourth-order valence-corrected chi connectivity index (χ4v) is 1.61. The van der Waals surface area contributed by atoms with Crippen LogP contribution in [0.15, 0.2) is 42.9 Å². The molecule has 0 spiro atoms. The van der Waals surface area contributed by atoms with Crippen molar-refractivity contribution in [1.82, 2.24) is 9.97 Å². The summed E-state index contributed by atoms with van der Waals surface area (Å²) in [7, 11) is 1.63. The first-order valence-corrected chi connectivity index (χ1v) is 6.09. The van der Waals surface area contributed by atoms with Crippen LogP contribution in [0.5, 0.6) is 11.5 Å². The molecule has 0 aliphatic carbocycles. The summed E-state index contributed by atoms with van der Waals surface area (Å²) >= 11 is 0. The third-order valence-corrected chi connectivity index (χ3v) is 2.53. The maximum atomic E-state index is 5.82. The van der Waals surface area contributed by atoms with Crippen LogP contribution in [0.1, 0.15) is 6.92 Å². The molecule has 0 aliphatic rings. The highest BCUT2D eigenvalue weighted by Gasteiger charge is 2.08. The van der Waals surface area contributed by atoms with Crippen LogP contribution in [0.3, 0.4) is 0 Å². The molecule has 0 aliphatic heterocycles. The molecule has 1 N–H and O–H groups in total. The van der Waals surface area contributed by atoms with Crippen molar-refractivity contribution < 1.29 is 9.47 Å². The zero-order valence-electron chi connectivity index (χ0n) is 11.0. The summed E-state index contributed by atoms with van der Waals surface area (Å²) in [6.45, 7) is 2.62. The Morgan fingerprint density at radius 1 is 1.21 bits per heavy atom. The molecule has 0 saturated carbocycles. The number of nitrogens with zero attached hydrogens (tertiary/aromatic N) is 2. The van der Waals surface area contributed by atoms with Crippen LogP contribution in [-0.4, -0.2) is 29.7 Å². The highest BCUT2D eigenvalue weighted by atomic mass is 16.5. The van der Waals surface area contributed by atoms with Gasteiger partial charge in [0, 0.05) is 12.4 Å². The van der Waals surface area contributed by atoms with Crippen molar-refractivity contribution in [3.8, 4) is 11.5 Å². The van der Waals surface area contributed by atoms with Crippen molar-refractivity contribution >= 4 is 5.82 Å². The lowest BCUT2D eigenvalue weighted by Gasteiger charge is -2.17. The van der Waals surface area contributed by atoms with E-state index in [4.69, 9.17) is 9.47 Å². The van der Waals surface area contributed by atoms with Crippen LogP contribution >= 0.6 is 0 Å². The van der Waals surface area contributed by atoms with Gasteiger partial charge in [0.15, 0.2) is 11.5 Å². The topological polar surface area (TPSA) is 56.3 Å². The standard InChI is InChI=1S/C14H17N3O2/c1-11(9-17-14-10-15-7-8-16-14)19-13-6-4-3-5-12(13)18-2/h3-8,10-11H,9H2,1-2H3,(H,16,17). The van der Waals surface area contributed by atoms with Crippen molar-refractivity contribution in [2.75, 3.05) is 19.0 Å². The number of rotatable bonds is 6. The van der Waals surface area contributed by atoms with Gasteiger partial charge in [0.05, 0.1) is 19.9 Å². The first-order chi connectivity index (χ1) is 9.29. The van der Waals surface area contributed by atoms with Crippen molar-refractivity contribution in [1.29, 1.82) is 0 Å². The Balaban J connectivity index is 1.89. The minimum absolute atomic E-state index is 0.0155. The number of nitrogens with one attached hydrogen (secondary N) is 1. The number of benzene rings is 1. The molecule has 1 aromatic carbocycles. The summed E-state index contributed by atoms with van der Waals surface area (Å²) in [6, 6.07) is 7.59. The third kappa shape index (κ3) is 3.84. The lowest BCUT2D eigenvalue weighted by Crippen LogP contribution is -2.23. The molecule has 100 valence electrons. The molecule has 1 heterocycles. The molecule has 5 nitrogen and oxygen atoms in total. The molecule has 1 atom stereocenters. The van der Waals surface area contributed by atoms with Crippen LogP contribution < -0.4 is 14.8 Å². The summed E-state index contributed by atoms with van der Waals surface area (Å²) in [4.78, 5) is 8.13. The molecule has 5 heteroatoms. The van der Waals surface area contributed by atoms with Gasteiger partial charge in [-0.25, -0.2) is 4.98 Å². The predicted octanol–water partition coefficient (Wildman–Crippen LogP) is 2.36. The molecule has 19 heavy (non-hydrogen) atoms. The second-order valence-electron chi connectivity index (χ2n) is 4.05. The largest absolute Gasteiger partial charge is 0.493 e. The van der Waals surface area contributed by atoms with Gasteiger partial charge < -0.3 is 14.8 Å². The van der Waals surface area contributed by atoms with Gasteiger partial charge in [0.25, 0.3) is 0 Å². The van der Waals surface area contributed by atoms with Crippen molar-refractivity contribution in [3.05, 3.63) is 42.9 Å². The minimum atomic E-state index is -0.0155. The summed E-state index contributed by atoms with van der Waals surface area (Å²) in [5.41, 5.74) is 0. The first-order valence-electron chi connectivity index (χ1n) is 6.09. The number of aromatic nitrogens is 2. The highest BCUT2D eigenvalue weighted by molar-refractivity contribution is 5.39. The summed E-state index contributed by atoms with van der Waals surface area (Å²) in [5, 5.41) is 3.16. The maximum Gasteiger partial charge on any atom is 0.161 e. The normalized spacial score (nSPS) is 11.7. The quantitative estimate of drug-likeness (QED) is 0.863. The van der Waals surface area contributed by atoms with Crippen molar-refractivity contribution in [2.45, 2.75) is 13.0 Å². The Bertz CT molecular complexity index is 505. The monoisotopic (exact) mass is 259 g/mol. The average molecular weight is 259 g/mol. The average Bonchev–Trinajstić information content (AvgIpc) is 2.47. The van der Waals surface area contributed by atoms with E-state index in [1.54, 1.807) is 25.7 Å². The lowest BCUT2D eigenvalue weighted by molar-refractivity contribution is 0.223. The van der Waals surface area contributed by atoms with Crippen molar-refractivity contribution in [3.63, 3.8) is 0 Å². The van der Waals surface area contributed by atoms with Gasteiger partial charge in [-0.05, 0) is 19.1 Å². The third-order valence-electron chi connectivity index (χ3n) is 2.53. The Morgan fingerprint density at radius 3 is 2.68 bits per heavy atom. The van der Waals surface area contributed by atoms with E-state index >= 15 is 0 Å². The van der Waals surface area contributed by atoms with Crippen LogP contribution in [-0.2, 0) is 0 Å². The molecule has 2 aromatic rings. The Labute approximate surface area is 112 Å². The number of hydrogen-bond donors (Lipinski definition) is 1. The van der Waals surface area contributed by atoms with Gasteiger partial charge in [0.1, 0.15) is 11.9 Å². The molecular weight excluding hydrogens is 242 g/mol. The van der Waals surface area contributed by atoms with E-state index in [0.717, 1.165) is 17.3 Å². The van der Waals surface area contributed by atoms with Gasteiger partial charge in [0.2, 0.25) is 0 Å². The van der Waals surface area contributed by atoms with E-state index in [2.05, 4.69) is 15.3 Å². The zero-order valence-corrected chi connectivity index (χ0v) is 11.0. The molecule has 0 bridgehead atoms. The first kappa shape index (κ1) is 13.1. The number of ether oxygens (including phenoxy) is 2. The van der Waals surface area contributed by atoms with Gasteiger partial charge in [-0.3, -0.25) is 4.98 Å². The van der Waals surface area contributed by atoms with E-state index in [0.29, 0.717) is 6.54 Å². The molecular formula is C14H17N3O2. The zero-order chi connectivity index (χ0) is 13.5. The molecule has 0 fully saturated rings. The Hall–Kier alpha value is -2.30. The van der Waals surface area contributed by atoms with Gasteiger partial charge in [-0.15, -0.1) is 0 Å². The number of hydrogen-bond acceptors (Lipinski definition) is 5. The SMILES string of the molecule is COc1ccccc1OC(C)CNc1cnccn1. The van der Waals surface area contributed by atoms with Crippen LogP contribution in [0.25, 0.3) is 0 Å². The van der Waals surface area contributed by atoms with Crippen LogP contribution in [0, 0.1) is 0 Å². The molecule has 1 unspecified atom stereocenters. The number of para-hydroxylation sites is 2. The summed E-state index contributed by atoms with van der Waals surface area (Å²) in [6.07, 6.45) is 4.95. The molecule has 0 amide bonds. The predicted molar refractivity (Wildman–Crippen MR) is 73.6 cm³/mol. The van der Waals surface area contributed by atoms with Crippen molar-refractivity contribution in [2.24, 2.45) is 0 Å². The summed E-state index contributed by atoms with van der Waals surface area (Å²) in [5.74, 6) is 2.20. The molecule has 2 rings (SSSR count). The highest BCUT2D eigenvalue weighted by Crippen LogP contribution is 2.26. The Kier molecular flexibility index (Phi) is 4.55. The second kappa shape index (κ2) is 6.58. The molecule has 1 aromatic heterocycles. The van der Waals surface area contributed by atoms with E-state index in [9.17, 15) is 0 Å². The van der Waals surface area contributed by atoms with E-state index in [1.165, 1.54) is 0 Å². The van der Waals surface area contributed by atoms with Gasteiger partial charge in [-0.2, -0.15) is 0 Å². The van der Waals surface area contributed by atoms with E-state index < -0.39 is 0 Å². The van der Waals surface area contributed by atoms with E-state index in [-0.39, 0.29) is 6.10 Å². The van der Waals surface area contributed by atoms with Crippen LogP contribution in [0.4, 0.5) is 5.82 Å². The smallest absolute Gasteiger partial charge is 0.161 e. The Morgan fingerprint density at radius 2 is 2.00 bits per heavy atom. The molecule has 0 saturated heterocycles. The van der Waals surface area contributed by atoms with Gasteiger partial charge >= 0.3 is 0 Å². The maximum absolute atomic E-state index is 5.82. The lowest BCUT2D eigenvalue weighted by atomic mass is 10.3. The number of methoxy groups -OCH3 is 1. The fraction of sp³-hybridized carbons (Fsp3) is 0.286. The minimum Gasteiger partial charge on any atom is -0.493 e. The van der Waals surface area contributed by atoms with E-state index in [1.807, 2.05) is 31.2 Å². The summed E-state index contributed by atoms with van der Waals surface area (Å²) < 4.78 is 11.1. The number of anilines is 1.